The van der Waals surface area contributed by atoms with Crippen LogP contribution in [0, 0.1) is 0 Å². The highest BCUT2D eigenvalue weighted by Crippen LogP contribution is 2.33. The third kappa shape index (κ3) is 4.62. The van der Waals surface area contributed by atoms with E-state index in [0.29, 0.717) is 33.3 Å². The van der Waals surface area contributed by atoms with Gasteiger partial charge in [0.1, 0.15) is 17.1 Å². The van der Waals surface area contributed by atoms with Crippen LogP contribution in [0.15, 0.2) is 66.2 Å². The van der Waals surface area contributed by atoms with E-state index in [0.717, 1.165) is 10.5 Å². The molecular formula is C25H18Cl2N2O5. The van der Waals surface area contributed by atoms with Gasteiger partial charge in [0.2, 0.25) is 0 Å². The Morgan fingerprint density at radius 1 is 1.00 bits per heavy atom. The maximum atomic E-state index is 13.1. The van der Waals surface area contributed by atoms with Gasteiger partial charge in [0.25, 0.3) is 11.8 Å². The number of barbiturate groups is 1. The third-order valence-electron chi connectivity index (χ3n) is 5.24. The molecule has 1 fully saturated rings. The molecule has 2 N–H and O–H groups in total. The molecule has 3 aromatic carbocycles. The maximum Gasteiger partial charge on any atom is 0.335 e. The number of nitrogens with one attached hydrogen (secondary N) is 1. The Bertz CT molecular complexity index is 1340. The molecule has 172 valence electrons. The number of ether oxygens (including phenoxy) is 1. The van der Waals surface area contributed by atoms with Crippen LogP contribution in [0.25, 0.3) is 6.08 Å². The molecule has 0 aromatic heterocycles. The minimum Gasteiger partial charge on any atom is -0.508 e. The molecule has 1 heterocycles. The number of phenolic OH excluding ortho intramolecular Hbond substituents is 1. The van der Waals surface area contributed by atoms with Crippen molar-refractivity contribution in [2.45, 2.75) is 6.42 Å². The van der Waals surface area contributed by atoms with Crippen LogP contribution in [0.1, 0.15) is 16.7 Å². The van der Waals surface area contributed by atoms with Crippen molar-refractivity contribution in [1.82, 2.24) is 5.32 Å². The largest absolute Gasteiger partial charge is 0.508 e. The third-order valence-corrected chi connectivity index (χ3v) is 5.95. The van der Waals surface area contributed by atoms with E-state index in [1.165, 1.54) is 37.5 Å². The van der Waals surface area contributed by atoms with Crippen molar-refractivity contribution in [1.29, 1.82) is 0 Å². The molecule has 0 bridgehead atoms. The number of aromatic hydroxyl groups is 1. The number of amides is 4. The number of carbonyl (C=O) groups excluding carboxylic acids is 3. The van der Waals surface area contributed by atoms with Crippen molar-refractivity contribution < 1.29 is 24.2 Å². The second-order valence-electron chi connectivity index (χ2n) is 7.43. The van der Waals surface area contributed by atoms with Crippen molar-refractivity contribution >= 4 is 52.8 Å². The summed E-state index contributed by atoms with van der Waals surface area (Å²) in [5.41, 5.74) is 1.93. The Balaban J connectivity index is 1.71. The Hall–Kier alpha value is -3.81. The monoisotopic (exact) mass is 496 g/mol. The fraction of sp³-hybridized carbons (Fsp3) is 0.0800. The fourth-order valence-electron chi connectivity index (χ4n) is 3.56. The van der Waals surface area contributed by atoms with Crippen LogP contribution in [0.4, 0.5) is 10.5 Å². The van der Waals surface area contributed by atoms with Gasteiger partial charge in [-0.1, -0.05) is 41.4 Å². The minimum atomic E-state index is -0.886. The molecule has 4 rings (SSSR count). The van der Waals surface area contributed by atoms with E-state index in [4.69, 9.17) is 27.9 Å². The summed E-state index contributed by atoms with van der Waals surface area (Å²) in [4.78, 5) is 38.7. The summed E-state index contributed by atoms with van der Waals surface area (Å²) in [6.45, 7) is 0. The quantitative estimate of drug-likeness (QED) is 0.384. The van der Waals surface area contributed by atoms with E-state index in [9.17, 15) is 19.5 Å². The molecule has 0 spiro atoms. The van der Waals surface area contributed by atoms with E-state index < -0.39 is 17.8 Å². The van der Waals surface area contributed by atoms with Gasteiger partial charge in [-0.25, -0.2) is 9.69 Å². The lowest BCUT2D eigenvalue weighted by molar-refractivity contribution is -0.122. The van der Waals surface area contributed by atoms with Gasteiger partial charge in [-0.05, 0) is 59.7 Å². The van der Waals surface area contributed by atoms with E-state index in [1.54, 1.807) is 18.2 Å². The number of benzene rings is 3. The van der Waals surface area contributed by atoms with Gasteiger partial charge < -0.3 is 9.84 Å². The number of phenols is 1. The molecule has 0 unspecified atom stereocenters. The fourth-order valence-corrected chi connectivity index (χ4v) is 4.05. The highest BCUT2D eigenvalue weighted by molar-refractivity contribution is 6.39. The van der Waals surface area contributed by atoms with Gasteiger partial charge in [-0.15, -0.1) is 0 Å². The summed E-state index contributed by atoms with van der Waals surface area (Å²) in [5.74, 6) is -1.22. The van der Waals surface area contributed by atoms with Crippen LogP contribution in [-0.2, 0) is 16.0 Å². The molecular weight excluding hydrogens is 479 g/mol. The van der Waals surface area contributed by atoms with Crippen molar-refractivity contribution in [3.63, 3.8) is 0 Å². The molecule has 0 saturated carbocycles. The normalized spacial score (nSPS) is 15.0. The van der Waals surface area contributed by atoms with Crippen LogP contribution in [0.2, 0.25) is 10.0 Å². The topological polar surface area (TPSA) is 95.9 Å². The molecule has 1 saturated heterocycles. The number of carbonyl (C=O) groups is 3. The summed E-state index contributed by atoms with van der Waals surface area (Å²) < 4.78 is 5.51. The molecule has 9 heteroatoms. The summed E-state index contributed by atoms with van der Waals surface area (Å²) in [6, 6.07) is 15.2. The lowest BCUT2D eigenvalue weighted by atomic mass is 10.00. The second-order valence-corrected chi connectivity index (χ2v) is 8.24. The Kier molecular flexibility index (Phi) is 6.58. The number of rotatable bonds is 5. The zero-order valence-electron chi connectivity index (χ0n) is 17.8. The number of urea groups is 1. The Morgan fingerprint density at radius 2 is 1.71 bits per heavy atom. The number of imide groups is 2. The first-order chi connectivity index (χ1) is 16.3. The molecule has 1 aliphatic heterocycles. The predicted octanol–water partition coefficient (Wildman–Crippen LogP) is 4.96. The lowest BCUT2D eigenvalue weighted by Crippen LogP contribution is -2.54. The summed E-state index contributed by atoms with van der Waals surface area (Å²) in [5, 5.41) is 12.6. The predicted molar refractivity (Wildman–Crippen MR) is 129 cm³/mol. The Morgan fingerprint density at radius 3 is 2.38 bits per heavy atom. The SMILES string of the molecule is COc1cc(/C=C2\C(=O)NC(=O)N(c3ccc(O)cc3)C2=O)cc(Cl)c1Cc1ccccc1Cl. The zero-order chi connectivity index (χ0) is 24.4. The second kappa shape index (κ2) is 9.59. The average Bonchev–Trinajstić information content (AvgIpc) is 2.80. The molecule has 7 nitrogen and oxygen atoms in total. The van der Waals surface area contributed by atoms with Crippen LogP contribution in [0.3, 0.4) is 0 Å². The van der Waals surface area contributed by atoms with Gasteiger partial charge in [0.05, 0.1) is 12.8 Å². The molecule has 0 atom stereocenters. The number of nitrogens with zero attached hydrogens (tertiary/aromatic N) is 1. The van der Waals surface area contributed by atoms with Gasteiger partial charge in [0.15, 0.2) is 0 Å². The number of hydrogen-bond acceptors (Lipinski definition) is 5. The van der Waals surface area contributed by atoms with Crippen molar-refractivity contribution in [3.8, 4) is 11.5 Å². The van der Waals surface area contributed by atoms with Crippen LogP contribution in [0.5, 0.6) is 11.5 Å². The minimum absolute atomic E-state index is 0.0286. The highest BCUT2D eigenvalue weighted by atomic mass is 35.5. The van der Waals surface area contributed by atoms with Crippen LogP contribution < -0.4 is 15.0 Å². The van der Waals surface area contributed by atoms with Crippen molar-refractivity contribution in [2.75, 3.05) is 12.0 Å². The average molecular weight is 497 g/mol. The van der Waals surface area contributed by atoms with Crippen LogP contribution in [-0.4, -0.2) is 30.1 Å². The lowest BCUT2D eigenvalue weighted by Gasteiger charge is -2.26. The molecule has 34 heavy (non-hydrogen) atoms. The smallest absolute Gasteiger partial charge is 0.335 e. The molecule has 4 amide bonds. The Labute approximate surface area is 205 Å². The number of hydrogen-bond donors (Lipinski definition) is 2. The zero-order valence-corrected chi connectivity index (χ0v) is 19.4. The van der Waals surface area contributed by atoms with E-state index >= 15 is 0 Å². The molecule has 3 aromatic rings. The first-order valence-electron chi connectivity index (χ1n) is 10.1. The number of methoxy groups -OCH3 is 1. The van der Waals surface area contributed by atoms with Gasteiger partial charge in [-0.2, -0.15) is 0 Å². The van der Waals surface area contributed by atoms with Gasteiger partial charge in [0, 0.05) is 22.0 Å². The van der Waals surface area contributed by atoms with Gasteiger partial charge >= 0.3 is 6.03 Å². The molecule has 0 radical (unpaired) electrons. The maximum absolute atomic E-state index is 13.1. The van der Waals surface area contributed by atoms with Crippen LogP contribution >= 0.6 is 23.2 Å². The summed E-state index contributed by atoms with van der Waals surface area (Å²) in [7, 11) is 1.49. The first kappa shape index (κ1) is 23.4. The highest BCUT2D eigenvalue weighted by Gasteiger charge is 2.36. The summed E-state index contributed by atoms with van der Waals surface area (Å²) in [6.07, 6.45) is 1.76. The molecule has 1 aliphatic rings. The summed E-state index contributed by atoms with van der Waals surface area (Å²) >= 11 is 12.8. The number of halogens is 2. The van der Waals surface area contributed by atoms with E-state index in [2.05, 4.69) is 5.32 Å². The number of anilines is 1. The standard InChI is InChI=1S/C25H18Cl2N2O5/c1-34-22-12-14(11-21(27)18(22)13-15-4-2-3-5-20(15)26)10-19-23(31)28-25(33)29(24(19)32)16-6-8-17(30)9-7-16/h2-12,30H,13H2,1H3,(H,28,31,33)/b19-10+. The van der Waals surface area contributed by atoms with Crippen molar-refractivity contribution in [3.05, 3.63) is 93.0 Å². The van der Waals surface area contributed by atoms with E-state index in [1.807, 2.05) is 18.2 Å². The first-order valence-corrected chi connectivity index (χ1v) is 10.8. The van der Waals surface area contributed by atoms with E-state index in [-0.39, 0.29) is 17.0 Å². The van der Waals surface area contributed by atoms with Gasteiger partial charge in [-0.3, -0.25) is 14.9 Å². The van der Waals surface area contributed by atoms with Crippen molar-refractivity contribution in [2.24, 2.45) is 0 Å². The molecule has 0 aliphatic carbocycles.